The molecule has 0 aliphatic carbocycles. The van der Waals surface area contributed by atoms with Crippen LogP contribution in [-0.4, -0.2) is 6.54 Å². The van der Waals surface area contributed by atoms with E-state index in [1.54, 1.807) is 11.8 Å². The van der Waals surface area contributed by atoms with E-state index in [0.29, 0.717) is 0 Å². The van der Waals surface area contributed by atoms with Crippen molar-refractivity contribution >= 4 is 35.0 Å². The second kappa shape index (κ2) is 7.94. The molecule has 0 atom stereocenters. The van der Waals surface area contributed by atoms with Crippen LogP contribution in [0.4, 0.5) is 0 Å². The highest BCUT2D eigenvalue weighted by molar-refractivity contribution is 7.98. The Kier molecular flexibility index (Phi) is 6.24. The Balaban J connectivity index is 2.09. The molecular weight excluding hydrogens is 309 g/mol. The van der Waals surface area contributed by atoms with Crippen molar-refractivity contribution in [2.75, 3.05) is 6.54 Å². The van der Waals surface area contributed by atoms with Crippen LogP contribution in [-0.2, 0) is 12.3 Å². The Labute approximate surface area is 134 Å². The Morgan fingerprint density at radius 2 is 1.80 bits per heavy atom. The fourth-order valence-electron chi connectivity index (χ4n) is 1.85. The summed E-state index contributed by atoms with van der Waals surface area (Å²) in [7, 11) is 0. The van der Waals surface area contributed by atoms with Gasteiger partial charge in [0.2, 0.25) is 0 Å². The van der Waals surface area contributed by atoms with Gasteiger partial charge in [-0.3, -0.25) is 0 Å². The second-order valence-electron chi connectivity index (χ2n) is 4.42. The van der Waals surface area contributed by atoms with Gasteiger partial charge in [-0.25, -0.2) is 0 Å². The third-order valence-electron chi connectivity index (χ3n) is 2.91. The summed E-state index contributed by atoms with van der Waals surface area (Å²) in [6.45, 7) is 3.90. The van der Waals surface area contributed by atoms with Crippen molar-refractivity contribution in [3.05, 3.63) is 63.6 Å². The maximum Gasteiger partial charge on any atom is 0.0545 e. The molecule has 2 rings (SSSR count). The van der Waals surface area contributed by atoms with E-state index in [9.17, 15) is 0 Å². The van der Waals surface area contributed by atoms with Gasteiger partial charge >= 0.3 is 0 Å². The number of rotatable bonds is 6. The lowest BCUT2D eigenvalue weighted by molar-refractivity contribution is 0.718. The summed E-state index contributed by atoms with van der Waals surface area (Å²) < 4.78 is 0. The van der Waals surface area contributed by atoms with E-state index in [2.05, 4.69) is 30.4 Å². The molecule has 2 aromatic carbocycles. The topological polar surface area (TPSA) is 12.0 Å². The molecule has 0 unspecified atom stereocenters. The van der Waals surface area contributed by atoms with Gasteiger partial charge in [-0.2, -0.15) is 0 Å². The van der Waals surface area contributed by atoms with E-state index < -0.39 is 0 Å². The Morgan fingerprint density at radius 3 is 2.50 bits per heavy atom. The third-order valence-corrected chi connectivity index (χ3v) is 4.84. The lowest BCUT2D eigenvalue weighted by atomic mass is 10.2. The quantitative estimate of drug-likeness (QED) is 0.714. The van der Waals surface area contributed by atoms with Gasteiger partial charge in [-0.1, -0.05) is 54.4 Å². The van der Waals surface area contributed by atoms with E-state index in [1.807, 2.05) is 24.3 Å². The number of benzene rings is 2. The van der Waals surface area contributed by atoms with Gasteiger partial charge in [-0.05, 0) is 35.9 Å². The molecule has 0 heterocycles. The zero-order valence-corrected chi connectivity index (χ0v) is 13.7. The van der Waals surface area contributed by atoms with E-state index in [-0.39, 0.29) is 0 Å². The van der Waals surface area contributed by atoms with Crippen molar-refractivity contribution < 1.29 is 0 Å². The molecule has 0 aliphatic heterocycles. The Morgan fingerprint density at radius 1 is 1.05 bits per heavy atom. The molecule has 0 amide bonds. The molecule has 0 saturated heterocycles. The molecule has 4 heteroatoms. The molecule has 0 bridgehead atoms. The summed E-state index contributed by atoms with van der Waals surface area (Å²) in [4.78, 5) is 1.16. The summed E-state index contributed by atoms with van der Waals surface area (Å²) in [6, 6.07) is 14.0. The van der Waals surface area contributed by atoms with Gasteiger partial charge in [0.05, 0.1) is 5.02 Å². The van der Waals surface area contributed by atoms with Crippen LogP contribution in [0.25, 0.3) is 0 Å². The molecule has 106 valence electrons. The van der Waals surface area contributed by atoms with E-state index in [1.165, 1.54) is 11.1 Å². The lowest BCUT2D eigenvalue weighted by Gasteiger charge is -2.11. The molecule has 0 spiro atoms. The van der Waals surface area contributed by atoms with E-state index in [4.69, 9.17) is 23.2 Å². The molecular formula is C16H17Cl2NS. The number of nitrogens with one attached hydrogen (secondary N) is 1. The van der Waals surface area contributed by atoms with Crippen molar-refractivity contribution in [2.24, 2.45) is 0 Å². The first-order valence-corrected chi connectivity index (χ1v) is 8.30. The highest BCUT2D eigenvalue weighted by Gasteiger charge is 2.07. The normalized spacial score (nSPS) is 10.8. The van der Waals surface area contributed by atoms with Crippen LogP contribution in [0.3, 0.4) is 0 Å². The maximum absolute atomic E-state index is 6.33. The predicted octanol–water partition coefficient (Wildman–Crippen LogP) is 5.40. The smallest absolute Gasteiger partial charge is 0.0545 e. The highest BCUT2D eigenvalue weighted by atomic mass is 35.5. The molecule has 20 heavy (non-hydrogen) atoms. The summed E-state index contributed by atoms with van der Waals surface area (Å²) in [5.41, 5.74) is 2.49. The molecule has 0 radical (unpaired) electrons. The van der Waals surface area contributed by atoms with E-state index >= 15 is 0 Å². The fourth-order valence-corrected chi connectivity index (χ4v) is 3.37. The van der Waals surface area contributed by atoms with Gasteiger partial charge in [0.15, 0.2) is 0 Å². The number of thioether (sulfide) groups is 1. The first-order valence-electron chi connectivity index (χ1n) is 6.56. The van der Waals surface area contributed by atoms with Gasteiger partial charge in [0.1, 0.15) is 0 Å². The Bertz CT molecular complexity index is 555. The van der Waals surface area contributed by atoms with Crippen LogP contribution in [0.1, 0.15) is 18.1 Å². The average molecular weight is 326 g/mol. The van der Waals surface area contributed by atoms with E-state index in [0.717, 1.165) is 33.8 Å². The fraction of sp³-hybridized carbons (Fsp3) is 0.250. The van der Waals surface area contributed by atoms with Crippen LogP contribution >= 0.6 is 35.0 Å². The third kappa shape index (κ3) is 4.42. The number of halogens is 2. The van der Waals surface area contributed by atoms with Crippen molar-refractivity contribution in [2.45, 2.75) is 24.1 Å². The minimum Gasteiger partial charge on any atom is -0.313 e. The highest BCUT2D eigenvalue weighted by Crippen LogP contribution is 2.33. The van der Waals surface area contributed by atoms with Crippen LogP contribution in [0, 0.1) is 0 Å². The molecule has 1 nitrogen and oxygen atoms in total. The molecule has 0 aliphatic rings. The van der Waals surface area contributed by atoms with Crippen molar-refractivity contribution in [3.63, 3.8) is 0 Å². The zero-order valence-electron chi connectivity index (χ0n) is 11.3. The minimum atomic E-state index is 0.768. The van der Waals surface area contributed by atoms with Crippen LogP contribution < -0.4 is 5.32 Å². The summed E-state index contributed by atoms with van der Waals surface area (Å²) in [5.74, 6) is 0.889. The molecule has 2 aromatic rings. The number of hydrogen-bond acceptors (Lipinski definition) is 2. The van der Waals surface area contributed by atoms with Crippen LogP contribution in [0.2, 0.25) is 10.0 Å². The molecule has 0 fully saturated rings. The second-order valence-corrected chi connectivity index (χ2v) is 6.25. The summed E-state index contributed by atoms with van der Waals surface area (Å²) in [6.07, 6.45) is 0. The van der Waals surface area contributed by atoms with Gasteiger partial charge < -0.3 is 5.32 Å². The Hall–Kier alpha value is -0.670. The number of hydrogen-bond donors (Lipinski definition) is 1. The van der Waals surface area contributed by atoms with Crippen molar-refractivity contribution in [1.29, 1.82) is 0 Å². The van der Waals surface area contributed by atoms with Crippen molar-refractivity contribution in [1.82, 2.24) is 5.32 Å². The minimum absolute atomic E-state index is 0.768. The summed E-state index contributed by atoms with van der Waals surface area (Å²) >= 11 is 14.0. The molecule has 1 N–H and O–H groups in total. The van der Waals surface area contributed by atoms with Crippen LogP contribution in [0.15, 0.2) is 47.4 Å². The average Bonchev–Trinajstić information content (AvgIpc) is 2.46. The first kappa shape index (κ1) is 15.7. The predicted molar refractivity (Wildman–Crippen MR) is 89.8 cm³/mol. The largest absolute Gasteiger partial charge is 0.313 e. The van der Waals surface area contributed by atoms with Gasteiger partial charge in [0, 0.05) is 22.2 Å². The van der Waals surface area contributed by atoms with Crippen molar-refractivity contribution in [3.8, 4) is 0 Å². The summed E-state index contributed by atoms with van der Waals surface area (Å²) in [5, 5.41) is 4.94. The van der Waals surface area contributed by atoms with Gasteiger partial charge in [0.25, 0.3) is 0 Å². The zero-order chi connectivity index (χ0) is 14.4. The monoisotopic (exact) mass is 325 g/mol. The standard InChI is InChI=1S/C16H17Cl2NS/c1-2-19-10-13-4-3-5-15(18)16(13)20-11-12-6-8-14(17)9-7-12/h3-9,19H,2,10-11H2,1H3. The molecule has 0 aromatic heterocycles. The van der Waals surface area contributed by atoms with Crippen LogP contribution in [0.5, 0.6) is 0 Å². The lowest BCUT2D eigenvalue weighted by Crippen LogP contribution is -2.12. The molecule has 0 saturated carbocycles. The first-order chi connectivity index (χ1) is 9.70. The SMILES string of the molecule is CCNCc1cccc(Cl)c1SCc1ccc(Cl)cc1. The maximum atomic E-state index is 6.33. The van der Waals surface area contributed by atoms with Gasteiger partial charge in [-0.15, -0.1) is 11.8 Å².